The van der Waals surface area contributed by atoms with Gasteiger partial charge in [-0.3, -0.25) is 4.79 Å². The molecule has 0 aliphatic carbocycles. The van der Waals surface area contributed by atoms with Crippen LogP contribution < -0.4 is 10.2 Å². The lowest BCUT2D eigenvalue weighted by atomic mass is 10.1. The number of carbonyl (C=O) groups is 1. The highest BCUT2D eigenvalue weighted by Gasteiger charge is 2.26. The molecule has 4 rings (SSSR count). The van der Waals surface area contributed by atoms with Crippen LogP contribution in [0.1, 0.15) is 36.7 Å². The third-order valence-corrected chi connectivity index (χ3v) is 5.32. The quantitative estimate of drug-likeness (QED) is 0.618. The summed E-state index contributed by atoms with van der Waals surface area (Å²) in [6.45, 7) is 9.13. The number of rotatable bonds is 4. The largest absolute Gasteiger partial charge is 0.392 e. The minimum absolute atomic E-state index is 0.0141. The number of carbonyl (C=O) groups excluding carboxylic acids is 1. The molecule has 0 saturated carbocycles. The molecular formula is C23H29N5O2. The molecule has 0 bridgehead atoms. The number of hydrogen-bond acceptors (Lipinski definition) is 5. The van der Waals surface area contributed by atoms with Gasteiger partial charge < -0.3 is 25.2 Å². The van der Waals surface area contributed by atoms with Crippen LogP contribution in [0.25, 0.3) is 10.9 Å². The third-order valence-electron chi connectivity index (χ3n) is 5.32. The van der Waals surface area contributed by atoms with Crippen molar-refractivity contribution in [1.29, 1.82) is 0 Å². The SMILES string of the molecule is CC(C)(C)Nc1cccnc1N1CCN(C(=O)c2c[nH]c3cc(CO)ccc23)CC1. The smallest absolute Gasteiger partial charge is 0.256 e. The van der Waals surface area contributed by atoms with E-state index in [1.165, 1.54) is 0 Å². The minimum Gasteiger partial charge on any atom is -0.392 e. The highest BCUT2D eigenvalue weighted by molar-refractivity contribution is 6.06. The summed E-state index contributed by atoms with van der Waals surface area (Å²) in [5.41, 5.74) is 3.33. The van der Waals surface area contributed by atoms with Crippen LogP contribution in [0.3, 0.4) is 0 Å². The van der Waals surface area contributed by atoms with E-state index in [1.54, 1.807) is 6.20 Å². The zero-order chi connectivity index (χ0) is 21.3. The van der Waals surface area contributed by atoms with Gasteiger partial charge in [0.25, 0.3) is 5.91 Å². The van der Waals surface area contributed by atoms with Crippen molar-refractivity contribution in [2.45, 2.75) is 32.9 Å². The molecule has 0 atom stereocenters. The average Bonchev–Trinajstić information content (AvgIpc) is 3.16. The fraction of sp³-hybridized carbons (Fsp3) is 0.391. The molecule has 158 valence electrons. The summed E-state index contributed by atoms with van der Waals surface area (Å²) >= 11 is 0. The number of aromatic nitrogens is 2. The van der Waals surface area contributed by atoms with Crippen LogP contribution >= 0.6 is 0 Å². The Morgan fingerprint density at radius 2 is 1.97 bits per heavy atom. The zero-order valence-corrected chi connectivity index (χ0v) is 17.8. The fourth-order valence-electron chi connectivity index (χ4n) is 3.89. The van der Waals surface area contributed by atoms with Gasteiger partial charge in [0.2, 0.25) is 0 Å². The van der Waals surface area contributed by atoms with Gasteiger partial charge in [0.1, 0.15) is 0 Å². The minimum atomic E-state index is -0.0548. The van der Waals surface area contributed by atoms with Gasteiger partial charge >= 0.3 is 0 Å². The van der Waals surface area contributed by atoms with Crippen LogP contribution in [0.15, 0.2) is 42.7 Å². The van der Waals surface area contributed by atoms with Gasteiger partial charge in [-0.2, -0.15) is 0 Å². The summed E-state index contributed by atoms with van der Waals surface area (Å²) in [6.07, 6.45) is 3.58. The number of H-pyrrole nitrogens is 1. The lowest BCUT2D eigenvalue weighted by Gasteiger charge is -2.37. The summed E-state index contributed by atoms with van der Waals surface area (Å²) in [5.74, 6) is 0.967. The first-order chi connectivity index (χ1) is 14.4. The summed E-state index contributed by atoms with van der Waals surface area (Å²) in [7, 11) is 0. The number of nitrogens with one attached hydrogen (secondary N) is 2. The zero-order valence-electron chi connectivity index (χ0n) is 17.8. The van der Waals surface area contributed by atoms with Crippen LogP contribution in [0, 0.1) is 0 Å². The van der Waals surface area contributed by atoms with Crippen molar-refractivity contribution in [1.82, 2.24) is 14.9 Å². The number of nitrogens with zero attached hydrogens (tertiary/aromatic N) is 3. The van der Waals surface area contributed by atoms with Crippen molar-refractivity contribution in [2.24, 2.45) is 0 Å². The molecule has 1 saturated heterocycles. The predicted octanol–water partition coefficient (Wildman–Crippen LogP) is 3.23. The molecule has 7 nitrogen and oxygen atoms in total. The average molecular weight is 408 g/mol. The lowest BCUT2D eigenvalue weighted by molar-refractivity contribution is 0.0748. The van der Waals surface area contributed by atoms with Gasteiger partial charge in [-0.25, -0.2) is 4.98 Å². The van der Waals surface area contributed by atoms with Gasteiger partial charge in [0.15, 0.2) is 5.82 Å². The molecule has 0 radical (unpaired) electrons. The topological polar surface area (TPSA) is 84.5 Å². The molecule has 1 aliphatic rings. The maximum Gasteiger partial charge on any atom is 0.256 e. The van der Waals surface area contributed by atoms with E-state index in [1.807, 2.05) is 35.4 Å². The highest BCUT2D eigenvalue weighted by atomic mass is 16.3. The van der Waals surface area contributed by atoms with Crippen LogP contribution in [0.5, 0.6) is 0 Å². The number of anilines is 2. The molecular weight excluding hydrogens is 378 g/mol. The third kappa shape index (κ3) is 4.11. The Kier molecular flexibility index (Phi) is 5.39. The Morgan fingerprint density at radius 3 is 2.67 bits per heavy atom. The molecule has 1 fully saturated rings. The van der Waals surface area contributed by atoms with E-state index in [4.69, 9.17) is 0 Å². The van der Waals surface area contributed by atoms with Crippen molar-refractivity contribution >= 4 is 28.3 Å². The molecule has 3 aromatic rings. The van der Waals surface area contributed by atoms with Gasteiger partial charge in [-0.1, -0.05) is 12.1 Å². The second-order valence-electron chi connectivity index (χ2n) is 8.77. The maximum absolute atomic E-state index is 13.1. The molecule has 0 spiro atoms. The van der Waals surface area contributed by atoms with E-state index in [9.17, 15) is 9.90 Å². The van der Waals surface area contributed by atoms with E-state index >= 15 is 0 Å². The fourth-order valence-corrected chi connectivity index (χ4v) is 3.89. The van der Waals surface area contributed by atoms with Gasteiger partial charge in [-0.15, -0.1) is 0 Å². The van der Waals surface area contributed by atoms with Crippen molar-refractivity contribution in [3.8, 4) is 0 Å². The maximum atomic E-state index is 13.1. The number of hydrogen-bond donors (Lipinski definition) is 3. The molecule has 1 aromatic carbocycles. The van der Waals surface area contributed by atoms with Gasteiger partial charge in [0.05, 0.1) is 17.9 Å². The summed E-state index contributed by atoms with van der Waals surface area (Å²) in [6, 6.07) is 9.64. The molecule has 1 aliphatic heterocycles. The van der Waals surface area contributed by atoms with Crippen LogP contribution in [-0.2, 0) is 6.61 Å². The molecule has 2 aromatic heterocycles. The second kappa shape index (κ2) is 7.99. The molecule has 0 unspecified atom stereocenters. The number of aliphatic hydroxyl groups excluding tert-OH is 1. The van der Waals surface area contributed by atoms with Crippen molar-refractivity contribution in [3.05, 3.63) is 53.9 Å². The Labute approximate surface area is 176 Å². The van der Waals surface area contributed by atoms with E-state index in [0.29, 0.717) is 18.7 Å². The van der Waals surface area contributed by atoms with E-state index < -0.39 is 0 Å². The summed E-state index contributed by atoms with van der Waals surface area (Å²) in [4.78, 5) is 25.0. The molecule has 3 heterocycles. The number of aliphatic hydroxyl groups is 1. The Hall–Kier alpha value is -3.06. The first-order valence-electron chi connectivity index (χ1n) is 10.3. The van der Waals surface area contributed by atoms with E-state index in [-0.39, 0.29) is 18.1 Å². The monoisotopic (exact) mass is 407 g/mol. The van der Waals surface area contributed by atoms with E-state index in [2.05, 4.69) is 47.0 Å². The van der Waals surface area contributed by atoms with Crippen LogP contribution in [0.4, 0.5) is 11.5 Å². The molecule has 1 amide bonds. The number of pyridine rings is 1. The van der Waals surface area contributed by atoms with Crippen LogP contribution in [0.2, 0.25) is 0 Å². The Morgan fingerprint density at radius 1 is 1.20 bits per heavy atom. The first kappa shape index (κ1) is 20.2. The summed E-state index contributed by atoms with van der Waals surface area (Å²) < 4.78 is 0. The first-order valence-corrected chi connectivity index (χ1v) is 10.3. The number of benzene rings is 1. The Bertz CT molecular complexity index is 1050. The molecule has 7 heteroatoms. The second-order valence-corrected chi connectivity index (χ2v) is 8.77. The normalized spacial score (nSPS) is 14.9. The standard InChI is InChI=1S/C23H29N5O2/c1-23(2,3)26-19-5-4-8-24-21(19)27-9-11-28(12-10-27)22(30)18-14-25-20-13-16(15-29)6-7-17(18)20/h4-8,13-14,25-26,29H,9-12,15H2,1-3H3. The van der Waals surface area contributed by atoms with Crippen molar-refractivity contribution < 1.29 is 9.90 Å². The molecule has 30 heavy (non-hydrogen) atoms. The van der Waals surface area contributed by atoms with Crippen molar-refractivity contribution in [3.63, 3.8) is 0 Å². The number of fused-ring (bicyclic) bond motifs is 1. The molecule has 3 N–H and O–H groups in total. The van der Waals surface area contributed by atoms with Gasteiger partial charge in [-0.05, 0) is 44.5 Å². The summed E-state index contributed by atoms with van der Waals surface area (Å²) in [5, 5.41) is 13.7. The number of amides is 1. The highest BCUT2D eigenvalue weighted by Crippen LogP contribution is 2.27. The lowest BCUT2D eigenvalue weighted by Crippen LogP contribution is -2.49. The predicted molar refractivity (Wildman–Crippen MR) is 120 cm³/mol. The Balaban J connectivity index is 1.47. The number of piperazine rings is 1. The van der Waals surface area contributed by atoms with Crippen LogP contribution in [-0.4, -0.2) is 57.6 Å². The van der Waals surface area contributed by atoms with Crippen molar-refractivity contribution in [2.75, 3.05) is 36.4 Å². The number of aromatic amines is 1. The van der Waals surface area contributed by atoms with Gasteiger partial charge in [0, 0.05) is 55.0 Å². The van der Waals surface area contributed by atoms with E-state index in [0.717, 1.165) is 41.1 Å².